The Morgan fingerprint density at radius 1 is 1.28 bits per heavy atom. The summed E-state index contributed by atoms with van der Waals surface area (Å²) in [5.41, 5.74) is 2.18. The van der Waals surface area contributed by atoms with Gasteiger partial charge in [0.15, 0.2) is 5.82 Å². The van der Waals surface area contributed by atoms with Gasteiger partial charge >= 0.3 is 0 Å². The maximum Gasteiger partial charge on any atom is 0.223 e. The Kier molecular flexibility index (Phi) is 7.66. The summed E-state index contributed by atoms with van der Waals surface area (Å²) in [6.07, 6.45) is 5.92. The second-order valence-electron chi connectivity index (χ2n) is 7.56. The van der Waals surface area contributed by atoms with Gasteiger partial charge in [0.25, 0.3) is 0 Å². The van der Waals surface area contributed by atoms with Crippen molar-refractivity contribution in [2.75, 3.05) is 32.8 Å². The lowest BCUT2D eigenvalue weighted by Crippen LogP contribution is -2.28. The Bertz CT molecular complexity index is 814. The Hall–Kier alpha value is -2.38. The molecule has 1 aliphatic heterocycles. The van der Waals surface area contributed by atoms with Gasteiger partial charge in [0.1, 0.15) is 12.0 Å². The van der Waals surface area contributed by atoms with Crippen molar-refractivity contribution in [2.24, 2.45) is 5.92 Å². The summed E-state index contributed by atoms with van der Waals surface area (Å²) < 4.78 is 23.9. The first-order valence-corrected chi connectivity index (χ1v) is 9.97. The molecule has 4 rings (SSSR count). The smallest absolute Gasteiger partial charge is 0.223 e. The van der Waals surface area contributed by atoms with Crippen molar-refractivity contribution in [1.82, 2.24) is 9.97 Å². The SMILES string of the molecule is COC.O=CC1CCCC(Nc2ncc(F)c(-c3cccc(C4COC4)c3)n2)C1. The van der Waals surface area contributed by atoms with Crippen LogP contribution in [-0.2, 0) is 14.3 Å². The topological polar surface area (TPSA) is 73.3 Å². The van der Waals surface area contributed by atoms with E-state index < -0.39 is 5.82 Å². The first-order valence-electron chi connectivity index (χ1n) is 9.97. The van der Waals surface area contributed by atoms with Crippen molar-refractivity contribution in [2.45, 2.75) is 37.6 Å². The molecule has 2 unspecified atom stereocenters. The molecule has 1 saturated heterocycles. The summed E-state index contributed by atoms with van der Waals surface area (Å²) in [5.74, 6) is 0.435. The number of carbonyl (C=O) groups is 1. The van der Waals surface area contributed by atoms with E-state index >= 15 is 0 Å². The average molecular weight is 401 g/mol. The molecule has 1 aliphatic carbocycles. The van der Waals surface area contributed by atoms with Crippen molar-refractivity contribution in [3.05, 3.63) is 41.8 Å². The van der Waals surface area contributed by atoms with Crippen molar-refractivity contribution < 1.29 is 18.7 Å². The van der Waals surface area contributed by atoms with Gasteiger partial charge in [-0.1, -0.05) is 24.6 Å². The summed E-state index contributed by atoms with van der Waals surface area (Å²) in [4.78, 5) is 19.5. The zero-order valence-electron chi connectivity index (χ0n) is 16.9. The van der Waals surface area contributed by atoms with Crippen LogP contribution in [0.25, 0.3) is 11.3 Å². The lowest BCUT2D eigenvalue weighted by atomic mass is 9.87. The predicted molar refractivity (Wildman–Crippen MR) is 109 cm³/mol. The van der Waals surface area contributed by atoms with Gasteiger partial charge in [0.05, 0.1) is 19.4 Å². The monoisotopic (exact) mass is 401 g/mol. The van der Waals surface area contributed by atoms with Gasteiger partial charge in [-0.25, -0.2) is 14.4 Å². The number of nitrogens with one attached hydrogen (secondary N) is 1. The molecule has 6 nitrogen and oxygen atoms in total. The molecular weight excluding hydrogens is 373 g/mol. The summed E-state index contributed by atoms with van der Waals surface area (Å²) in [6.45, 7) is 1.42. The third kappa shape index (κ3) is 5.58. The number of carbonyl (C=O) groups excluding carboxylic acids is 1. The van der Waals surface area contributed by atoms with E-state index in [9.17, 15) is 9.18 Å². The molecule has 1 aromatic heterocycles. The van der Waals surface area contributed by atoms with Crippen LogP contribution in [0.4, 0.5) is 10.3 Å². The molecule has 2 heterocycles. The number of rotatable bonds is 5. The molecule has 2 fully saturated rings. The number of halogens is 1. The first-order chi connectivity index (χ1) is 14.1. The van der Waals surface area contributed by atoms with Gasteiger partial charge in [-0.3, -0.25) is 0 Å². The third-order valence-corrected chi connectivity index (χ3v) is 5.25. The normalized spacial score (nSPS) is 21.5. The maximum absolute atomic E-state index is 14.4. The molecule has 7 heteroatoms. The van der Waals surface area contributed by atoms with E-state index in [0.717, 1.165) is 43.1 Å². The van der Waals surface area contributed by atoms with Crippen molar-refractivity contribution in [3.63, 3.8) is 0 Å². The number of hydrogen-bond acceptors (Lipinski definition) is 6. The Balaban J connectivity index is 0.000000755. The summed E-state index contributed by atoms with van der Waals surface area (Å²) in [5, 5.41) is 3.27. The first kappa shape index (κ1) is 21.3. The lowest BCUT2D eigenvalue weighted by Gasteiger charge is -2.27. The van der Waals surface area contributed by atoms with Crippen molar-refractivity contribution in [3.8, 4) is 11.3 Å². The Labute approximate surface area is 170 Å². The van der Waals surface area contributed by atoms with Crippen LogP contribution in [0.2, 0.25) is 0 Å². The fourth-order valence-electron chi connectivity index (χ4n) is 3.67. The van der Waals surface area contributed by atoms with E-state index in [4.69, 9.17) is 4.74 Å². The van der Waals surface area contributed by atoms with Crippen molar-refractivity contribution >= 4 is 12.2 Å². The molecule has 2 aromatic rings. The molecule has 2 atom stereocenters. The fourth-order valence-corrected chi connectivity index (χ4v) is 3.67. The highest BCUT2D eigenvalue weighted by atomic mass is 19.1. The molecule has 1 saturated carbocycles. The zero-order chi connectivity index (χ0) is 20.6. The van der Waals surface area contributed by atoms with Gasteiger partial charge in [-0.15, -0.1) is 0 Å². The van der Waals surface area contributed by atoms with Gasteiger partial charge in [0.2, 0.25) is 5.95 Å². The van der Waals surface area contributed by atoms with Crippen LogP contribution >= 0.6 is 0 Å². The van der Waals surface area contributed by atoms with Gasteiger partial charge < -0.3 is 19.6 Å². The highest BCUT2D eigenvalue weighted by Crippen LogP contribution is 2.30. The van der Waals surface area contributed by atoms with Gasteiger partial charge in [0, 0.05) is 37.7 Å². The number of aromatic nitrogens is 2. The van der Waals surface area contributed by atoms with Crippen LogP contribution in [-0.4, -0.2) is 49.7 Å². The molecule has 29 heavy (non-hydrogen) atoms. The van der Waals surface area contributed by atoms with Crippen LogP contribution in [0.15, 0.2) is 30.5 Å². The minimum atomic E-state index is -0.438. The molecule has 156 valence electrons. The predicted octanol–water partition coefficient (Wildman–Crippen LogP) is 3.83. The van der Waals surface area contributed by atoms with Gasteiger partial charge in [-0.2, -0.15) is 0 Å². The van der Waals surface area contributed by atoms with E-state index in [1.165, 1.54) is 6.20 Å². The Morgan fingerprint density at radius 3 is 2.76 bits per heavy atom. The number of benzene rings is 1. The Morgan fingerprint density at radius 2 is 2.07 bits per heavy atom. The zero-order valence-corrected chi connectivity index (χ0v) is 16.9. The third-order valence-electron chi connectivity index (χ3n) is 5.25. The van der Waals surface area contributed by atoms with E-state index in [-0.39, 0.29) is 12.0 Å². The molecule has 2 aliphatic rings. The molecule has 0 amide bonds. The lowest BCUT2D eigenvalue weighted by molar-refractivity contribution is -0.111. The van der Waals surface area contributed by atoms with E-state index in [0.29, 0.717) is 30.8 Å². The quantitative estimate of drug-likeness (QED) is 0.768. The molecule has 0 bridgehead atoms. The summed E-state index contributed by atoms with van der Waals surface area (Å²) in [7, 11) is 3.25. The standard InChI is InChI=1S/C20H22FN3O2.C2H6O/c21-18-9-22-20(23-17-6-1-3-13(7-17)10-25)24-19(18)15-5-2-4-14(8-15)16-11-26-12-16;1-3-2/h2,4-5,8-10,13,16-17H,1,3,6-7,11-12H2,(H,22,23,24);1-2H3. The fraction of sp³-hybridized carbons (Fsp3) is 0.500. The van der Waals surface area contributed by atoms with Crippen LogP contribution in [0.1, 0.15) is 37.2 Å². The van der Waals surface area contributed by atoms with Crippen LogP contribution in [0.5, 0.6) is 0 Å². The minimum absolute atomic E-state index is 0.0857. The summed E-state index contributed by atoms with van der Waals surface area (Å²) in [6, 6.07) is 7.95. The maximum atomic E-state index is 14.4. The number of methoxy groups -OCH3 is 1. The largest absolute Gasteiger partial charge is 0.388 e. The number of ether oxygens (including phenoxy) is 2. The van der Waals surface area contributed by atoms with E-state index in [1.54, 1.807) is 14.2 Å². The average Bonchev–Trinajstić information content (AvgIpc) is 2.69. The molecule has 1 aromatic carbocycles. The van der Waals surface area contributed by atoms with E-state index in [1.807, 2.05) is 24.3 Å². The number of aldehydes is 1. The second kappa shape index (κ2) is 10.4. The highest BCUT2D eigenvalue weighted by Gasteiger charge is 2.23. The highest BCUT2D eigenvalue weighted by molar-refractivity contribution is 5.62. The van der Waals surface area contributed by atoms with Crippen LogP contribution in [0, 0.1) is 11.7 Å². The van der Waals surface area contributed by atoms with E-state index in [2.05, 4.69) is 20.0 Å². The molecular formula is C22H28FN3O3. The van der Waals surface area contributed by atoms with Crippen LogP contribution in [0.3, 0.4) is 0 Å². The molecule has 1 N–H and O–H groups in total. The number of anilines is 1. The van der Waals surface area contributed by atoms with Crippen LogP contribution < -0.4 is 5.32 Å². The van der Waals surface area contributed by atoms with Gasteiger partial charge in [-0.05, 0) is 30.9 Å². The number of nitrogens with zero attached hydrogens (tertiary/aromatic N) is 2. The molecule has 0 spiro atoms. The minimum Gasteiger partial charge on any atom is -0.388 e. The summed E-state index contributed by atoms with van der Waals surface area (Å²) >= 11 is 0. The number of hydrogen-bond donors (Lipinski definition) is 1. The molecule has 0 radical (unpaired) electrons. The second-order valence-corrected chi connectivity index (χ2v) is 7.56. The van der Waals surface area contributed by atoms with Crippen molar-refractivity contribution in [1.29, 1.82) is 0 Å².